The van der Waals surface area contributed by atoms with E-state index < -0.39 is 6.10 Å². The smallest absolute Gasteiger partial charge is 0.263 e. The molecule has 2 amide bonds. The zero-order chi connectivity index (χ0) is 25.8. The van der Waals surface area contributed by atoms with Gasteiger partial charge < -0.3 is 19.0 Å². The van der Waals surface area contributed by atoms with Crippen molar-refractivity contribution in [1.29, 1.82) is 0 Å². The van der Waals surface area contributed by atoms with E-state index in [0.29, 0.717) is 25.3 Å². The van der Waals surface area contributed by atoms with Crippen LogP contribution in [0.25, 0.3) is 0 Å². The molecule has 2 atom stereocenters. The third-order valence-corrected chi connectivity index (χ3v) is 6.65. The summed E-state index contributed by atoms with van der Waals surface area (Å²) in [6, 6.07) is 17.9. The minimum atomic E-state index is -0.664. The van der Waals surface area contributed by atoms with Crippen LogP contribution in [0.2, 0.25) is 0 Å². The lowest BCUT2D eigenvalue weighted by Gasteiger charge is -2.38. The van der Waals surface area contributed by atoms with Crippen molar-refractivity contribution in [2.24, 2.45) is 5.92 Å². The lowest BCUT2D eigenvalue weighted by Crippen LogP contribution is -2.41. The summed E-state index contributed by atoms with van der Waals surface area (Å²) in [6.07, 6.45) is 2.24. The predicted molar refractivity (Wildman–Crippen MR) is 140 cm³/mol. The van der Waals surface area contributed by atoms with Crippen LogP contribution in [0.4, 0.5) is 0 Å². The fraction of sp³-hybridized carbons (Fsp3) is 0.400. The molecular formula is C30H36N2O4. The van der Waals surface area contributed by atoms with Crippen LogP contribution in [0.5, 0.6) is 5.75 Å². The van der Waals surface area contributed by atoms with Crippen LogP contribution in [0, 0.1) is 12.8 Å². The Hall–Kier alpha value is -3.54. The quantitative estimate of drug-likeness (QED) is 0.418. The van der Waals surface area contributed by atoms with Gasteiger partial charge in [-0.15, -0.1) is 0 Å². The molecule has 2 aromatic carbocycles. The van der Waals surface area contributed by atoms with Crippen LogP contribution in [0.3, 0.4) is 0 Å². The number of hydrogen-bond donors (Lipinski definition) is 0. The highest BCUT2D eigenvalue weighted by Gasteiger charge is 2.33. The molecule has 1 aliphatic heterocycles. The van der Waals surface area contributed by atoms with Crippen molar-refractivity contribution in [2.75, 3.05) is 13.6 Å². The van der Waals surface area contributed by atoms with E-state index in [2.05, 4.69) is 51.1 Å². The third kappa shape index (κ3) is 5.81. The number of ether oxygens (including phenoxy) is 1. The molecule has 0 unspecified atom stereocenters. The highest BCUT2D eigenvalue weighted by atomic mass is 16.5. The van der Waals surface area contributed by atoms with E-state index in [9.17, 15) is 9.59 Å². The topological polar surface area (TPSA) is 63.0 Å². The van der Waals surface area contributed by atoms with E-state index in [0.717, 1.165) is 23.3 Å². The zero-order valence-electron chi connectivity index (χ0n) is 21.9. The number of amides is 2. The Bertz CT molecular complexity index is 1180. The summed E-state index contributed by atoms with van der Waals surface area (Å²) in [5.41, 5.74) is 4.52. The molecule has 36 heavy (non-hydrogen) atoms. The maximum absolute atomic E-state index is 13.3. The van der Waals surface area contributed by atoms with Crippen LogP contribution >= 0.6 is 0 Å². The Morgan fingerprint density at radius 1 is 1.11 bits per heavy atom. The second-order valence-corrected chi connectivity index (χ2v) is 10.1. The number of carbonyl (C=O) groups excluding carboxylic acids is 2. The molecule has 0 bridgehead atoms. The van der Waals surface area contributed by atoms with Crippen molar-refractivity contribution in [3.8, 4) is 5.75 Å². The molecule has 0 saturated heterocycles. The molecule has 1 aromatic heterocycles. The van der Waals surface area contributed by atoms with Gasteiger partial charge in [-0.1, -0.05) is 49.7 Å². The number of carbonyl (C=O) groups is 2. The molecule has 0 spiro atoms. The summed E-state index contributed by atoms with van der Waals surface area (Å²) < 4.78 is 11.5. The van der Waals surface area contributed by atoms with Gasteiger partial charge in [0, 0.05) is 20.0 Å². The number of hydrogen-bond acceptors (Lipinski definition) is 4. The molecule has 3 aromatic rings. The van der Waals surface area contributed by atoms with E-state index in [1.54, 1.807) is 31.2 Å². The van der Waals surface area contributed by atoms with E-state index in [-0.39, 0.29) is 23.8 Å². The second kappa shape index (κ2) is 11.0. The molecule has 0 fully saturated rings. The maximum Gasteiger partial charge on any atom is 0.263 e. The Morgan fingerprint density at radius 3 is 2.53 bits per heavy atom. The molecule has 1 aliphatic rings. The molecule has 2 heterocycles. The number of furan rings is 1. The summed E-state index contributed by atoms with van der Waals surface area (Å²) in [4.78, 5) is 29.8. The van der Waals surface area contributed by atoms with Gasteiger partial charge in [-0.3, -0.25) is 9.59 Å². The Balaban J connectivity index is 1.59. The largest absolute Gasteiger partial charge is 0.481 e. The standard InChI is InChI=1S/C30H36N2O4/c1-20(2)17-28(33)32-15-14-23-12-13-25(18-27(23)29(32)24-10-8-21(3)9-11-24)36-22(4)30(34)31(5)19-26-7-6-16-35-26/h6-13,16,18,20,22,29H,14-15,17,19H2,1-5H3/t22-,29+/m1/s1. The summed E-state index contributed by atoms with van der Waals surface area (Å²) in [6.45, 7) is 9.04. The summed E-state index contributed by atoms with van der Waals surface area (Å²) in [5, 5.41) is 0. The van der Waals surface area contributed by atoms with Gasteiger partial charge >= 0.3 is 0 Å². The number of likely N-dealkylation sites (N-methyl/N-ethyl adjacent to an activating group) is 1. The SMILES string of the molecule is Cc1ccc([C@H]2c3cc(O[C@H](C)C(=O)N(C)Cc4ccco4)ccc3CCN2C(=O)CC(C)C)cc1. The van der Waals surface area contributed by atoms with Crippen LogP contribution in [0.1, 0.15) is 61.2 Å². The number of benzene rings is 2. The van der Waals surface area contributed by atoms with Crippen molar-refractivity contribution in [1.82, 2.24) is 9.80 Å². The van der Waals surface area contributed by atoms with Gasteiger partial charge in [0.15, 0.2) is 6.10 Å². The van der Waals surface area contributed by atoms with Crippen molar-refractivity contribution in [2.45, 2.75) is 59.2 Å². The molecule has 190 valence electrons. The first-order chi connectivity index (χ1) is 17.2. The minimum absolute atomic E-state index is 0.132. The molecular weight excluding hydrogens is 452 g/mol. The van der Waals surface area contributed by atoms with E-state index >= 15 is 0 Å². The Labute approximate surface area is 213 Å². The fourth-order valence-corrected chi connectivity index (χ4v) is 4.79. The highest BCUT2D eigenvalue weighted by Crippen LogP contribution is 2.38. The first-order valence-electron chi connectivity index (χ1n) is 12.7. The normalized spacial score (nSPS) is 15.9. The maximum atomic E-state index is 13.3. The minimum Gasteiger partial charge on any atom is -0.481 e. The molecule has 0 radical (unpaired) electrons. The Morgan fingerprint density at radius 2 is 1.86 bits per heavy atom. The first-order valence-corrected chi connectivity index (χ1v) is 12.7. The van der Waals surface area contributed by atoms with Gasteiger partial charge in [0.2, 0.25) is 5.91 Å². The Kier molecular flexibility index (Phi) is 7.82. The van der Waals surface area contributed by atoms with Crippen LogP contribution in [-0.2, 0) is 22.6 Å². The van der Waals surface area contributed by atoms with Crippen LogP contribution in [-0.4, -0.2) is 41.3 Å². The lowest BCUT2D eigenvalue weighted by atomic mass is 9.87. The van der Waals surface area contributed by atoms with E-state index in [1.807, 2.05) is 23.1 Å². The molecule has 0 aliphatic carbocycles. The van der Waals surface area contributed by atoms with Crippen LogP contribution in [0.15, 0.2) is 65.3 Å². The highest BCUT2D eigenvalue weighted by molar-refractivity contribution is 5.80. The molecule has 6 heteroatoms. The van der Waals surface area contributed by atoms with Crippen molar-refractivity contribution >= 4 is 11.8 Å². The van der Waals surface area contributed by atoms with E-state index in [1.165, 1.54) is 11.1 Å². The van der Waals surface area contributed by atoms with Gasteiger partial charge in [-0.05, 0) is 67.1 Å². The number of rotatable bonds is 8. The molecule has 6 nitrogen and oxygen atoms in total. The zero-order valence-corrected chi connectivity index (χ0v) is 21.9. The van der Waals surface area contributed by atoms with Crippen molar-refractivity contribution in [3.63, 3.8) is 0 Å². The first kappa shape index (κ1) is 25.5. The van der Waals surface area contributed by atoms with Gasteiger partial charge in [0.25, 0.3) is 5.91 Å². The fourth-order valence-electron chi connectivity index (χ4n) is 4.79. The third-order valence-electron chi connectivity index (χ3n) is 6.65. The average molecular weight is 489 g/mol. The summed E-state index contributed by atoms with van der Waals surface area (Å²) in [5.74, 6) is 1.66. The number of fused-ring (bicyclic) bond motifs is 1. The monoisotopic (exact) mass is 488 g/mol. The van der Waals surface area contributed by atoms with Crippen molar-refractivity contribution < 1.29 is 18.7 Å². The van der Waals surface area contributed by atoms with Crippen molar-refractivity contribution in [3.05, 3.63) is 88.9 Å². The second-order valence-electron chi connectivity index (χ2n) is 10.1. The molecule has 0 saturated carbocycles. The average Bonchev–Trinajstić information content (AvgIpc) is 3.36. The van der Waals surface area contributed by atoms with Crippen LogP contribution < -0.4 is 4.74 Å². The molecule has 4 rings (SSSR count). The van der Waals surface area contributed by atoms with Gasteiger partial charge in [0.1, 0.15) is 11.5 Å². The van der Waals surface area contributed by atoms with Gasteiger partial charge in [-0.25, -0.2) is 0 Å². The summed E-state index contributed by atoms with van der Waals surface area (Å²) in [7, 11) is 1.74. The van der Waals surface area contributed by atoms with Gasteiger partial charge in [0.05, 0.1) is 18.8 Å². The van der Waals surface area contributed by atoms with Gasteiger partial charge in [-0.2, -0.15) is 0 Å². The molecule has 0 N–H and O–H groups in total. The summed E-state index contributed by atoms with van der Waals surface area (Å²) >= 11 is 0. The number of nitrogens with zero attached hydrogens (tertiary/aromatic N) is 2. The predicted octanol–water partition coefficient (Wildman–Crippen LogP) is 5.53. The number of aryl methyl sites for hydroxylation is 1. The van der Waals surface area contributed by atoms with E-state index in [4.69, 9.17) is 9.15 Å². The lowest BCUT2D eigenvalue weighted by molar-refractivity contribution is -0.137.